The van der Waals surface area contributed by atoms with E-state index in [9.17, 15) is 18.0 Å². The van der Waals surface area contributed by atoms with Crippen LogP contribution in [0.1, 0.15) is 29.0 Å². The molecule has 3 nitrogen and oxygen atoms in total. The monoisotopic (exact) mass is 550 g/mol. The molecule has 0 aliphatic carbocycles. The number of hydrogen-bond donors (Lipinski definition) is 1. The van der Waals surface area contributed by atoms with Gasteiger partial charge < -0.3 is 9.84 Å². The first-order valence-electron chi connectivity index (χ1n) is 9.58. The summed E-state index contributed by atoms with van der Waals surface area (Å²) in [5, 5.41) is 9.05. The SMILES string of the molecule is O=C(O)CC(C#CI)c1ccc(OCc2cccc(-c3ccc(C(F)(F)F)cc3)c2)cc1. The molecule has 0 aliphatic heterocycles. The standard InChI is InChI=1S/C25H18F3IO3/c26-25(27,28)22-8-4-18(5-9-22)20-3-1-2-17(14-20)16-32-23-10-6-19(7-11-23)21(12-13-29)15-24(30)31/h1-11,14,21H,15-16H2,(H,30,31). The third-order valence-electron chi connectivity index (χ3n) is 4.77. The van der Waals surface area contributed by atoms with E-state index in [4.69, 9.17) is 9.84 Å². The molecule has 0 aliphatic rings. The summed E-state index contributed by atoms with van der Waals surface area (Å²) in [5.74, 6) is 2.21. The number of ether oxygens (including phenoxy) is 1. The fourth-order valence-corrected chi connectivity index (χ4v) is 3.52. The highest BCUT2D eigenvalue weighted by Gasteiger charge is 2.29. The van der Waals surface area contributed by atoms with Crippen LogP contribution < -0.4 is 4.74 Å². The van der Waals surface area contributed by atoms with Crippen molar-refractivity contribution in [2.24, 2.45) is 0 Å². The first kappa shape index (κ1) is 23.7. The Balaban J connectivity index is 1.67. The summed E-state index contributed by atoms with van der Waals surface area (Å²) < 4.78 is 46.8. The van der Waals surface area contributed by atoms with Crippen molar-refractivity contribution < 1.29 is 27.8 Å². The minimum atomic E-state index is -4.36. The lowest BCUT2D eigenvalue weighted by Crippen LogP contribution is -2.04. The van der Waals surface area contributed by atoms with Gasteiger partial charge in [-0.05, 0) is 56.5 Å². The molecule has 0 heterocycles. The third kappa shape index (κ3) is 6.50. The van der Waals surface area contributed by atoms with Gasteiger partial charge in [-0.25, -0.2) is 0 Å². The average molecular weight is 550 g/mol. The maximum atomic E-state index is 12.8. The van der Waals surface area contributed by atoms with Crippen LogP contribution in [0.4, 0.5) is 13.2 Å². The molecule has 3 aromatic rings. The van der Waals surface area contributed by atoms with Crippen molar-refractivity contribution in [2.75, 3.05) is 0 Å². The Morgan fingerprint density at radius 2 is 1.69 bits per heavy atom. The van der Waals surface area contributed by atoms with Crippen molar-refractivity contribution in [1.29, 1.82) is 0 Å². The first-order chi connectivity index (χ1) is 15.3. The molecule has 0 saturated heterocycles. The fourth-order valence-electron chi connectivity index (χ4n) is 3.15. The highest BCUT2D eigenvalue weighted by Crippen LogP contribution is 2.31. The zero-order chi connectivity index (χ0) is 23.1. The van der Waals surface area contributed by atoms with Crippen LogP contribution in [0.5, 0.6) is 5.75 Å². The third-order valence-corrected chi connectivity index (χ3v) is 5.08. The van der Waals surface area contributed by atoms with E-state index in [0.29, 0.717) is 11.3 Å². The topological polar surface area (TPSA) is 46.5 Å². The maximum absolute atomic E-state index is 12.8. The van der Waals surface area contributed by atoms with Crippen molar-refractivity contribution in [3.8, 4) is 26.7 Å². The van der Waals surface area contributed by atoms with E-state index in [2.05, 4.69) is 9.85 Å². The van der Waals surface area contributed by atoms with E-state index in [-0.39, 0.29) is 18.9 Å². The highest BCUT2D eigenvalue weighted by molar-refractivity contribution is 14.1. The predicted molar refractivity (Wildman–Crippen MR) is 124 cm³/mol. The van der Waals surface area contributed by atoms with Gasteiger partial charge in [0.05, 0.1) is 17.9 Å². The number of carboxylic acids is 1. The molecule has 1 N–H and O–H groups in total. The Hall–Kier alpha value is -2.99. The predicted octanol–water partition coefficient (Wildman–Crippen LogP) is 6.91. The molecule has 1 unspecified atom stereocenters. The second-order valence-corrected chi connectivity index (χ2v) is 7.56. The minimum absolute atomic E-state index is 0.0764. The Labute approximate surface area is 197 Å². The van der Waals surface area contributed by atoms with Gasteiger partial charge in [-0.15, -0.1) is 0 Å². The van der Waals surface area contributed by atoms with E-state index in [1.165, 1.54) is 12.1 Å². The van der Waals surface area contributed by atoms with Crippen molar-refractivity contribution in [1.82, 2.24) is 0 Å². The lowest BCUT2D eigenvalue weighted by molar-refractivity contribution is -0.138. The summed E-state index contributed by atoms with van der Waals surface area (Å²) in [7, 11) is 0. The van der Waals surface area contributed by atoms with Crippen LogP contribution >= 0.6 is 22.6 Å². The second-order valence-electron chi connectivity index (χ2n) is 7.02. The molecule has 164 valence electrons. The molecule has 7 heteroatoms. The van der Waals surface area contributed by atoms with Gasteiger partial charge in [0.25, 0.3) is 0 Å². The lowest BCUT2D eigenvalue weighted by atomic mass is 9.97. The summed E-state index contributed by atoms with van der Waals surface area (Å²) in [6.45, 7) is 0.278. The molecular weight excluding hydrogens is 532 g/mol. The Kier molecular flexibility index (Phi) is 7.80. The van der Waals surface area contributed by atoms with Gasteiger partial charge in [0.1, 0.15) is 12.4 Å². The molecular formula is C25H18F3IO3. The van der Waals surface area contributed by atoms with Crippen molar-refractivity contribution in [2.45, 2.75) is 25.1 Å². The summed E-state index contributed by atoms with van der Waals surface area (Å²) >= 11 is 1.89. The van der Waals surface area contributed by atoms with Gasteiger partial charge in [-0.2, -0.15) is 13.2 Å². The lowest BCUT2D eigenvalue weighted by Gasteiger charge is -2.12. The van der Waals surface area contributed by atoms with Crippen LogP contribution in [0.15, 0.2) is 72.8 Å². The van der Waals surface area contributed by atoms with E-state index in [0.717, 1.165) is 28.8 Å². The number of benzene rings is 3. The fraction of sp³-hybridized carbons (Fsp3) is 0.160. The average Bonchev–Trinajstić information content (AvgIpc) is 2.77. The number of rotatable bonds is 7. The summed E-state index contributed by atoms with van der Waals surface area (Å²) in [6, 6.07) is 19.6. The van der Waals surface area contributed by atoms with Crippen molar-refractivity contribution in [3.63, 3.8) is 0 Å². The maximum Gasteiger partial charge on any atom is 0.416 e. The number of alkyl halides is 3. The number of carboxylic acid groups (broad SMARTS) is 1. The first-order valence-corrected chi connectivity index (χ1v) is 10.7. The highest BCUT2D eigenvalue weighted by atomic mass is 127. The second kappa shape index (κ2) is 10.6. The van der Waals surface area contributed by atoms with E-state index < -0.39 is 17.7 Å². The number of carbonyl (C=O) groups is 1. The molecule has 0 amide bonds. The summed E-state index contributed by atoms with van der Waals surface area (Å²) in [4.78, 5) is 11.0. The Morgan fingerprint density at radius 3 is 2.28 bits per heavy atom. The molecule has 0 fully saturated rings. The van der Waals surface area contributed by atoms with Crippen LogP contribution in [-0.4, -0.2) is 11.1 Å². The summed E-state index contributed by atoms with van der Waals surface area (Å²) in [5.41, 5.74) is 2.47. The van der Waals surface area contributed by atoms with Crippen LogP contribution in [0.25, 0.3) is 11.1 Å². The molecule has 0 bridgehead atoms. The molecule has 0 spiro atoms. The zero-order valence-electron chi connectivity index (χ0n) is 16.7. The molecule has 0 saturated carbocycles. The van der Waals surface area contributed by atoms with Gasteiger partial charge in [-0.3, -0.25) is 4.79 Å². The quantitative estimate of drug-likeness (QED) is 0.257. The van der Waals surface area contributed by atoms with Crippen molar-refractivity contribution >= 4 is 28.6 Å². The number of aliphatic carboxylic acids is 1. The normalized spacial score (nSPS) is 11.9. The summed E-state index contributed by atoms with van der Waals surface area (Å²) in [6.07, 6.45) is -4.44. The molecule has 3 rings (SSSR count). The van der Waals surface area contributed by atoms with E-state index in [1.807, 2.05) is 46.9 Å². The molecule has 1 atom stereocenters. The van der Waals surface area contributed by atoms with Gasteiger partial charge in [0.15, 0.2) is 0 Å². The van der Waals surface area contributed by atoms with Crippen LogP contribution in [0.3, 0.4) is 0 Å². The number of hydrogen-bond acceptors (Lipinski definition) is 2. The van der Waals surface area contributed by atoms with E-state index >= 15 is 0 Å². The molecule has 0 radical (unpaired) electrons. The smallest absolute Gasteiger partial charge is 0.416 e. The molecule has 0 aromatic heterocycles. The van der Waals surface area contributed by atoms with E-state index in [1.54, 1.807) is 24.3 Å². The van der Waals surface area contributed by atoms with Crippen LogP contribution in [0.2, 0.25) is 0 Å². The molecule has 32 heavy (non-hydrogen) atoms. The van der Waals surface area contributed by atoms with Gasteiger partial charge in [-0.1, -0.05) is 48.4 Å². The van der Waals surface area contributed by atoms with Crippen molar-refractivity contribution in [3.05, 3.63) is 89.5 Å². The minimum Gasteiger partial charge on any atom is -0.489 e. The largest absolute Gasteiger partial charge is 0.489 e. The Morgan fingerprint density at radius 1 is 1.00 bits per heavy atom. The Bertz CT molecular complexity index is 1130. The molecule has 3 aromatic carbocycles. The van der Waals surface area contributed by atoms with Gasteiger partial charge >= 0.3 is 12.1 Å². The van der Waals surface area contributed by atoms with Gasteiger partial charge in [0, 0.05) is 22.6 Å². The zero-order valence-corrected chi connectivity index (χ0v) is 18.9. The van der Waals surface area contributed by atoms with Crippen LogP contribution in [-0.2, 0) is 17.6 Å². The van der Waals surface area contributed by atoms with Gasteiger partial charge in [0.2, 0.25) is 0 Å². The van der Waals surface area contributed by atoms with Crippen LogP contribution in [0, 0.1) is 9.85 Å². The number of halogens is 4.